The lowest BCUT2D eigenvalue weighted by Crippen LogP contribution is -2.47. The summed E-state index contributed by atoms with van der Waals surface area (Å²) >= 11 is 0. The molecule has 2 rings (SSSR count). The van der Waals surface area contributed by atoms with Gasteiger partial charge in [-0.3, -0.25) is 4.90 Å². The number of benzene rings is 1. The molecule has 142 valence electrons. The standard InChI is InChI=1S/C17H28N2O5S/c1-14-12-16(4-5-17(14)24-11-10-22-3)25(20,21)18-13-15(2)19-6-8-23-9-7-19/h4-5,12,15,18H,6-11,13H2,1-3H3. The van der Waals surface area contributed by atoms with Gasteiger partial charge in [0, 0.05) is 32.8 Å². The predicted octanol–water partition coefficient (Wildman–Crippen LogP) is 1.02. The molecule has 0 aromatic heterocycles. The summed E-state index contributed by atoms with van der Waals surface area (Å²) in [6, 6.07) is 5.00. The molecule has 1 atom stereocenters. The van der Waals surface area contributed by atoms with Gasteiger partial charge in [0.2, 0.25) is 10.0 Å². The highest BCUT2D eigenvalue weighted by Crippen LogP contribution is 2.21. The monoisotopic (exact) mass is 372 g/mol. The van der Waals surface area contributed by atoms with Crippen LogP contribution in [0.3, 0.4) is 0 Å². The van der Waals surface area contributed by atoms with Gasteiger partial charge in [-0.1, -0.05) is 0 Å². The third kappa shape index (κ3) is 5.93. The van der Waals surface area contributed by atoms with Gasteiger partial charge in [0.25, 0.3) is 0 Å². The van der Waals surface area contributed by atoms with E-state index in [4.69, 9.17) is 14.2 Å². The van der Waals surface area contributed by atoms with Crippen molar-refractivity contribution in [3.05, 3.63) is 23.8 Å². The summed E-state index contributed by atoms with van der Waals surface area (Å²) in [4.78, 5) is 2.47. The van der Waals surface area contributed by atoms with E-state index in [0.717, 1.165) is 18.7 Å². The zero-order chi connectivity index (χ0) is 18.3. The first kappa shape index (κ1) is 20.1. The second-order valence-electron chi connectivity index (χ2n) is 6.12. The quantitative estimate of drug-likeness (QED) is 0.652. The van der Waals surface area contributed by atoms with Gasteiger partial charge >= 0.3 is 0 Å². The summed E-state index contributed by atoms with van der Waals surface area (Å²) in [7, 11) is -1.94. The average molecular weight is 372 g/mol. The molecule has 1 aliphatic heterocycles. The highest BCUT2D eigenvalue weighted by Gasteiger charge is 2.21. The number of hydrogen-bond donors (Lipinski definition) is 1. The van der Waals surface area contributed by atoms with Crippen molar-refractivity contribution in [1.29, 1.82) is 0 Å². The van der Waals surface area contributed by atoms with Crippen molar-refractivity contribution in [2.45, 2.75) is 24.8 Å². The fourth-order valence-corrected chi connectivity index (χ4v) is 3.85. The van der Waals surface area contributed by atoms with Crippen LogP contribution in [0.2, 0.25) is 0 Å². The van der Waals surface area contributed by atoms with Crippen LogP contribution in [-0.4, -0.2) is 72.5 Å². The Kier molecular flexibility index (Phi) is 7.64. The van der Waals surface area contributed by atoms with E-state index in [0.29, 0.717) is 38.7 Å². The molecule has 0 radical (unpaired) electrons. The molecule has 1 fully saturated rings. The minimum absolute atomic E-state index is 0.122. The minimum atomic E-state index is -3.55. The molecule has 7 nitrogen and oxygen atoms in total. The summed E-state index contributed by atoms with van der Waals surface area (Å²) in [5, 5.41) is 0. The van der Waals surface area contributed by atoms with Crippen LogP contribution in [0.15, 0.2) is 23.1 Å². The second-order valence-corrected chi connectivity index (χ2v) is 7.88. The molecule has 1 unspecified atom stereocenters. The van der Waals surface area contributed by atoms with E-state index in [1.54, 1.807) is 25.3 Å². The minimum Gasteiger partial charge on any atom is -0.491 e. The van der Waals surface area contributed by atoms with Crippen molar-refractivity contribution in [3.63, 3.8) is 0 Å². The third-order valence-corrected chi connectivity index (χ3v) is 5.66. The number of sulfonamides is 1. The van der Waals surface area contributed by atoms with Crippen LogP contribution in [-0.2, 0) is 19.5 Å². The Hall–Kier alpha value is -1.19. The average Bonchev–Trinajstić information content (AvgIpc) is 2.62. The Morgan fingerprint density at radius 3 is 2.64 bits per heavy atom. The van der Waals surface area contributed by atoms with Crippen molar-refractivity contribution in [3.8, 4) is 5.75 Å². The van der Waals surface area contributed by atoms with Gasteiger partial charge in [-0.15, -0.1) is 0 Å². The first-order valence-electron chi connectivity index (χ1n) is 8.48. The topological polar surface area (TPSA) is 77.1 Å². The maximum Gasteiger partial charge on any atom is 0.240 e. The largest absolute Gasteiger partial charge is 0.491 e. The third-order valence-electron chi connectivity index (χ3n) is 4.24. The molecule has 1 heterocycles. The number of nitrogens with zero attached hydrogens (tertiary/aromatic N) is 1. The normalized spacial score (nSPS) is 17.4. The van der Waals surface area contributed by atoms with E-state index in [1.165, 1.54) is 0 Å². The Morgan fingerprint density at radius 1 is 1.28 bits per heavy atom. The SMILES string of the molecule is COCCOc1ccc(S(=O)(=O)NCC(C)N2CCOCC2)cc1C. The van der Waals surface area contributed by atoms with E-state index in [1.807, 2.05) is 13.8 Å². The molecule has 1 aromatic carbocycles. The summed E-state index contributed by atoms with van der Waals surface area (Å²) in [5.41, 5.74) is 0.778. The molecule has 25 heavy (non-hydrogen) atoms. The van der Waals surface area contributed by atoms with Gasteiger partial charge in [-0.25, -0.2) is 13.1 Å². The highest BCUT2D eigenvalue weighted by atomic mass is 32.2. The van der Waals surface area contributed by atoms with E-state index in [2.05, 4.69) is 9.62 Å². The summed E-state index contributed by atoms with van der Waals surface area (Å²) in [6.07, 6.45) is 0. The zero-order valence-electron chi connectivity index (χ0n) is 15.2. The van der Waals surface area contributed by atoms with Crippen molar-refractivity contribution < 1.29 is 22.6 Å². The van der Waals surface area contributed by atoms with Crippen LogP contribution in [0.25, 0.3) is 0 Å². The van der Waals surface area contributed by atoms with E-state index in [-0.39, 0.29) is 10.9 Å². The lowest BCUT2D eigenvalue weighted by atomic mass is 10.2. The Labute approximate surface area is 150 Å². The molecule has 0 aliphatic carbocycles. The lowest BCUT2D eigenvalue weighted by molar-refractivity contribution is 0.0213. The number of ether oxygens (including phenoxy) is 3. The molecule has 1 N–H and O–H groups in total. The number of nitrogens with one attached hydrogen (secondary N) is 1. The van der Waals surface area contributed by atoms with Crippen molar-refractivity contribution >= 4 is 10.0 Å². The van der Waals surface area contributed by atoms with Crippen molar-refractivity contribution in [2.75, 3.05) is 53.2 Å². The van der Waals surface area contributed by atoms with Gasteiger partial charge in [0.15, 0.2) is 0 Å². The summed E-state index contributed by atoms with van der Waals surface area (Å²) in [5.74, 6) is 0.665. The van der Waals surface area contributed by atoms with Crippen molar-refractivity contribution in [1.82, 2.24) is 9.62 Å². The lowest BCUT2D eigenvalue weighted by Gasteiger charge is -2.32. The molecular weight excluding hydrogens is 344 g/mol. The fraction of sp³-hybridized carbons (Fsp3) is 0.647. The van der Waals surface area contributed by atoms with Gasteiger partial charge in [0.05, 0.1) is 24.7 Å². The van der Waals surface area contributed by atoms with Crippen LogP contribution >= 0.6 is 0 Å². The second kappa shape index (κ2) is 9.49. The van der Waals surface area contributed by atoms with Crippen LogP contribution < -0.4 is 9.46 Å². The Bertz CT molecular complexity index is 644. The molecule has 0 spiro atoms. The zero-order valence-corrected chi connectivity index (χ0v) is 16.0. The number of aryl methyl sites for hydroxylation is 1. The molecular formula is C17H28N2O5S. The molecule has 1 saturated heterocycles. The number of rotatable bonds is 9. The maximum absolute atomic E-state index is 12.5. The smallest absolute Gasteiger partial charge is 0.240 e. The Balaban J connectivity index is 1.95. The number of methoxy groups -OCH3 is 1. The van der Waals surface area contributed by atoms with Crippen LogP contribution in [0.5, 0.6) is 5.75 Å². The first-order chi connectivity index (χ1) is 11.9. The number of morpholine rings is 1. The van der Waals surface area contributed by atoms with Crippen LogP contribution in [0, 0.1) is 6.92 Å². The van der Waals surface area contributed by atoms with E-state index < -0.39 is 10.0 Å². The number of hydrogen-bond acceptors (Lipinski definition) is 6. The molecule has 8 heteroatoms. The molecule has 0 amide bonds. The Morgan fingerprint density at radius 2 is 2.00 bits per heavy atom. The van der Waals surface area contributed by atoms with Gasteiger partial charge in [-0.2, -0.15) is 0 Å². The molecule has 1 aliphatic rings. The van der Waals surface area contributed by atoms with Gasteiger partial charge < -0.3 is 14.2 Å². The molecule has 1 aromatic rings. The highest BCUT2D eigenvalue weighted by molar-refractivity contribution is 7.89. The van der Waals surface area contributed by atoms with Gasteiger partial charge in [-0.05, 0) is 37.6 Å². The van der Waals surface area contributed by atoms with Crippen molar-refractivity contribution in [2.24, 2.45) is 0 Å². The van der Waals surface area contributed by atoms with Crippen LogP contribution in [0.1, 0.15) is 12.5 Å². The molecule has 0 saturated carbocycles. The maximum atomic E-state index is 12.5. The summed E-state index contributed by atoms with van der Waals surface area (Å²) < 4.78 is 43.6. The first-order valence-corrected chi connectivity index (χ1v) is 9.96. The fourth-order valence-electron chi connectivity index (χ4n) is 2.65. The summed E-state index contributed by atoms with van der Waals surface area (Å²) in [6.45, 7) is 8.18. The predicted molar refractivity (Wildman–Crippen MR) is 95.6 cm³/mol. The van der Waals surface area contributed by atoms with E-state index >= 15 is 0 Å². The van der Waals surface area contributed by atoms with Crippen LogP contribution in [0.4, 0.5) is 0 Å². The molecule has 0 bridgehead atoms. The van der Waals surface area contributed by atoms with E-state index in [9.17, 15) is 8.42 Å². The van der Waals surface area contributed by atoms with Gasteiger partial charge in [0.1, 0.15) is 12.4 Å².